The van der Waals surface area contributed by atoms with Gasteiger partial charge in [-0.25, -0.2) is 4.98 Å². The van der Waals surface area contributed by atoms with E-state index in [2.05, 4.69) is 11.1 Å². The number of aromatic nitrogens is 1. The van der Waals surface area contributed by atoms with Gasteiger partial charge in [0.25, 0.3) is 0 Å². The summed E-state index contributed by atoms with van der Waals surface area (Å²) in [5, 5.41) is 0.958. The Hall–Kier alpha value is -2.01. The molecule has 4 nitrogen and oxygen atoms in total. The van der Waals surface area contributed by atoms with Gasteiger partial charge in [0.1, 0.15) is 10.8 Å². The second kappa shape index (κ2) is 6.24. The van der Waals surface area contributed by atoms with Crippen molar-refractivity contribution in [1.29, 1.82) is 0 Å². The van der Waals surface area contributed by atoms with E-state index in [1.165, 1.54) is 0 Å². The SMILES string of the molecule is O=C(C[C@H]1CCOc2ccccc21)N1CCSc2ncccc21. The fraction of sp³-hybridized carbons (Fsp3) is 0.333. The molecule has 0 saturated heterocycles. The summed E-state index contributed by atoms with van der Waals surface area (Å²) >= 11 is 1.72. The van der Waals surface area contributed by atoms with Crippen molar-refractivity contribution in [3.63, 3.8) is 0 Å². The minimum Gasteiger partial charge on any atom is -0.493 e. The van der Waals surface area contributed by atoms with Gasteiger partial charge in [0.2, 0.25) is 5.91 Å². The first-order valence-electron chi connectivity index (χ1n) is 7.93. The molecule has 0 radical (unpaired) electrons. The Bertz CT molecular complexity index is 734. The highest BCUT2D eigenvalue weighted by Crippen LogP contribution is 2.38. The van der Waals surface area contributed by atoms with Crippen molar-refractivity contribution in [2.24, 2.45) is 0 Å². The van der Waals surface area contributed by atoms with Crippen molar-refractivity contribution in [3.8, 4) is 5.75 Å². The minimum absolute atomic E-state index is 0.182. The predicted molar refractivity (Wildman–Crippen MR) is 91.2 cm³/mol. The van der Waals surface area contributed by atoms with E-state index in [9.17, 15) is 4.79 Å². The number of thioether (sulfide) groups is 1. The zero-order chi connectivity index (χ0) is 15.6. The molecule has 1 aromatic heterocycles. The van der Waals surface area contributed by atoms with E-state index >= 15 is 0 Å². The highest BCUT2D eigenvalue weighted by molar-refractivity contribution is 7.99. The Balaban J connectivity index is 1.56. The van der Waals surface area contributed by atoms with Gasteiger partial charge in [0, 0.05) is 24.9 Å². The first-order chi connectivity index (χ1) is 11.3. The second-order valence-electron chi connectivity index (χ2n) is 5.80. The number of carbonyl (C=O) groups excluding carboxylic acids is 1. The van der Waals surface area contributed by atoms with E-state index in [4.69, 9.17) is 4.74 Å². The number of carbonyl (C=O) groups is 1. The highest BCUT2D eigenvalue weighted by atomic mass is 32.2. The summed E-state index contributed by atoms with van der Waals surface area (Å²) in [4.78, 5) is 19.2. The quantitative estimate of drug-likeness (QED) is 0.847. The molecule has 1 aromatic carbocycles. The smallest absolute Gasteiger partial charge is 0.227 e. The van der Waals surface area contributed by atoms with Crippen LogP contribution in [-0.2, 0) is 4.79 Å². The van der Waals surface area contributed by atoms with Gasteiger partial charge in [-0.05, 0) is 36.1 Å². The molecule has 1 atom stereocenters. The molecule has 0 bridgehead atoms. The fourth-order valence-corrected chi connectivity index (χ4v) is 4.19. The Labute approximate surface area is 139 Å². The lowest BCUT2D eigenvalue weighted by Crippen LogP contribution is -2.36. The minimum atomic E-state index is 0.182. The van der Waals surface area contributed by atoms with Crippen LogP contribution < -0.4 is 9.64 Å². The summed E-state index contributed by atoms with van der Waals surface area (Å²) in [5.41, 5.74) is 2.11. The molecule has 23 heavy (non-hydrogen) atoms. The molecule has 118 valence electrons. The third-order valence-corrected chi connectivity index (χ3v) is 5.38. The predicted octanol–water partition coefficient (Wildman–Crippen LogP) is 3.48. The average molecular weight is 326 g/mol. The maximum absolute atomic E-state index is 12.9. The Morgan fingerprint density at radius 2 is 2.22 bits per heavy atom. The molecule has 0 aliphatic carbocycles. The summed E-state index contributed by atoms with van der Waals surface area (Å²) in [7, 11) is 0. The lowest BCUT2D eigenvalue weighted by molar-refractivity contribution is -0.119. The second-order valence-corrected chi connectivity index (χ2v) is 6.88. The van der Waals surface area contributed by atoms with Gasteiger partial charge in [-0.3, -0.25) is 4.79 Å². The van der Waals surface area contributed by atoms with Crippen molar-refractivity contribution in [3.05, 3.63) is 48.2 Å². The molecular formula is C18H18N2O2S. The number of benzene rings is 1. The van der Waals surface area contributed by atoms with Gasteiger partial charge < -0.3 is 9.64 Å². The van der Waals surface area contributed by atoms with Gasteiger partial charge in [0.05, 0.1) is 12.3 Å². The highest BCUT2D eigenvalue weighted by Gasteiger charge is 2.28. The average Bonchev–Trinajstić information content (AvgIpc) is 2.61. The van der Waals surface area contributed by atoms with Crippen LogP contribution in [0.2, 0.25) is 0 Å². The molecule has 0 unspecified atom stereocenters. The summed E-state index contributed by atoms with van der Waals surface area (Å²) in [6.45, 7) is 1.44. The van der Waals surface area contributed by atoms with Crippen LogP contribution >= 0.6 is 11.8 Å². The van der Waals surface area contributed by atoms with Crippen LogP contribution in [0.1, 0.15) is 24.3 Å². The van der Waals surface area contributed by atoms with Crippen LogP contribution in [0.5, 0.6) is 5.75 Å². The van der Waals surface area contributed by atoms with Crippen LogP contribution in [0.15, 0.2) is 47.6 Å². The first-order valence-corrected chi connectivity index (χ1v) is 8.91. The molecule has 0 N–H and O–H groups in total. The van der Waals surface area contributed by atoms with Gasteiger partial charge in [-0.15, -0.1) is 11.8 Å². The summed E-state index contributed by atoms with van der Waals surface area (Å²) < 4.78 is 5.70. The van der Waals surface area contributed by atoms with Gasteiger partial charge in [0.15, 0.2) is 0 Å². The van der Waals surface area contributed by atoms with Crippen LogP contribution in [0, 0.1) is 0 Å². The Kier molecular flexibility index (Phi) is 3.95. The maximum atomic E-state index is 12.9. The normalized spacial score (nSPS) is 19.5. The molecule has 2 aliphatic heterocycles. The van der Waals surface area contributed by atoms with E-state index in [1.54, 1.807) is 18.0 Å². The van der Waals surface area contributed by atoms with Crippen molar-refractivity contribution < 1.29 is 9.53 Å². The van der Waals surface area contributed by atoms with Crippen molar-refractivity contribution in [1.82, 2.24) is 4.98 Å². The number of fused-ring (bicyclic) bond motifs is 2. The monoisotopic (exact) mass is 326 g/mol. The number of nitrogens with zero attached hydrogens (tertiary/aromatic N) is 2. The number of amides is 1. The van der Waals surface area contributed by atoms with Gasteiger partial charge in [-0.2, -0.15) is 0 Å². The van der Waals surface area contributed by atoms with Crippen LogP contribution in [0.25, 0.3) is 0 Å². The van der Waals surface area contributed by atoms with E-state index in [-0.39, 0.29) is 11.8 Å². The molecule has 2 aliphatic rings. The summed E-state index contributed by atoms with van der Waals surface area (Å²) in [6, 6.07) is 11.9. The lowest BCUT2D eigenvalue weighted by Gasteiger charge is -2.31. The van der Waals surface area contributed by atoms with Gasteiger partial charge >= 0.3 is 0 Å². The third-order valence-electron chi connectivity index (χ3n) is 4.40. The number of para-hydroxylation sites is 1. The molecular weight excluding hydrogens is 308 g/mol. The Morgan fingerprint density at radius 3 is 3.17 bits per heavy atom. The van der Waals surface area contributed by atoms with E-state index in [0.29, 0.717) is 13.0 Å². The topological polar surface area (TPSA) is 42.4 Å². The first kappa shape index (κ1) is 14.6. The largest absolute Gasteiger partial charge is 0.493 e. The van der Waals surface area contributed by atoms with Crippen LogP contribution in [0.4, 0.5) is 5.69 Å². The third kappa shape index (κ3) is 2.81. The molecule has 2 aromatic rings. The molecule has 5 heteroatoms. The zero-order valence-corrected chi connectivity index (χ0v) is 13.6. The number of rotatable bonds is 2. The molecule has 0 fully saturated rings. The summed E-state index contributed by atoms with van der Waals surface area (Å²) in [5.74, 6) is 2.25. The standard InChI is InChI=1S/C18H18N2O2S/c21-17(20-9-11-23-18-15(20)5-3-8-19-18)12-13-7-10-22-16-6-2-1-4-14(13)16/h1-6,8,13H,7,9-12H2/t13-/m1/s1. The number of anilines is 1. The van der Waals surface area contributed by atoms with E-state index in [0.717, 1.165) is 40.7 Å². The molecule has 1 amide bonds. The van der Waals surface area contributed by atoms with Crippen LogP contribution in [-0.4, -0.2) is 29.8 Å². The fourth-order valence-electron chi connectivity index (χ4n) is 3.26. The number of hydrogen-bond donors (Lipinski definition) is 0. The summed E-state index contributed by atoms with van der Waals surface area (Å²) in [6.07, 6.45) is 3.21. The number of hydrogen-bond acceptors (Lipinski definition) is 4. The van der Waals surface area contributed by atoms with Crippen molar-refractivity contribution in [2.45, 2.75) is 23.8 Å². The van der Waals surface area contributed by atoms with Crippen molar-refractivity contribution in [2.75, 3.05) is 23.8 Å². The number of ether oxygens (including phenoxy) is 1. The zero-order valence-electron chi connectivity index (χ0n) is 12.8. The maximum Gasteiger partial charge on any atom is 0.227 e. The van der Waals surface area contributed by atoms with Gasteiger partial charge in [-0.1, -0.05) is 18.2 Å². The molecule has 4 rings (SSSR count). The van der Waals surface area contributed by atoms with Crippen molar-refractivity contribution >= 4 is 23.4 Å². The molecule has 3 heterocycles. The van der Waals surface area contributed by atoms with E-state index < -0.39 is 0 Å². The van der Waals surface area contributed by atoms with E-state index in [1.807, 2.05) is 35.2 Å². The lowest BCUT2D eigenvalue weighted by atomic mass is 9.90. The Morgan fingerprint density at radius 1 is 1.30 bits per heavy atom. The molecule has 0 spiro atoms. The van der Waals surface area contributed by atoms with Crippen LogP contribution in [0.3, 0.4) is 0 Å². The number of pyridine rings is 1. The molecule has 0 saturated carbocycles.